The van der Waals surface area contributed by atoms with Crippen molar-refractivity contribution in [3.8, 4) is 12.3 Å². The van der Waals surface area contributed by atoms with E-state index in [0.29, 0.717) is 0 Å². The first-order chi connectivity index (χ1) is 5.63. The van der Waals surface area contributed by atoms with Gasteiger partial charge in [0.2, 0.25) is 0 Å². The van der Waals surface area contributed by atoms with Gasteiger partial charge in [-0.3, -0.25) is 5.32 Å². The third kappa shape index (κ3) is 3.16. The van der Waals surface area contributed by atoms with Crippen molar-refractivity contribution in [3.05, 3.63) is 21.0 Å². The van der Waals surface area contributed by atoms with E-state index < -0.39 is 4.92 Å². The molecule has 5 nitrogen and oxygen atoms in total. The van der Waals surface area contributed by atoms with E-state index in [1.54, 1.807) is 6.26 Å². The van der Waals surface area contributed by atoms with Gasteiger partial charge in [-0.1, -0.05) is 5.92 Å². The molecule has 0 amide bonds. The number of hydrogen-bond acceptors (Lipinski definition) is 5. The van der Waals surface area contributed by atoms with Gasteiger partial charge >= 0.3 is 5.82 Å². The van der Waals surface area contributed by atoms with Gasteiger partial charge < -0.3 is 15.8 Å². The van der Waals surface area contributed by atoms with Crippen LogP contribution in [0.25, 0.3) is 0 Å². The van der Waals surface area contributed by atoms with Crippen LogP contribution in [0.15, 0.2) is 10.9 Å². The largest absolute Gasteiger partial charge is 0.387 e. The molecule has 0 rings (SSSR count). The summed E-state index contributed by atoms with van der Waals surface area (Å²) in [6.07, 6.45) is 6.56. The van der Waals surface area contributed by atoms with E-state index in [1.807, 2.05) is 0 Å². The average molecular weight is 187 g/mol. The molecule has 0 fully saturated rings. The molecule has 0 aliphatic carbocycles. The van der Waals surface area contributed by atoms with Gasteiger partial charge in [-0.15, -0.1) is 18.2 Å². The van der Waals surface area contributed by atoms with E-state index in [9.17, 15) is 10.1 Å². The van der Waals surface area contributed by atoms with Crippen molar-refractivity contribution in [2.75, 3.05) is 12.8 Å². The lowest BCUT2D eigenvalue weighted by Crippen LogP contribution is -2.23. The number of nitrogens with one attached hydrogen (secondary N) is 1. The summed E-state index contributed by atoms with van der Waals surface area (Å²) in [5.74, 6) is 1.98. The summed E-state index contributed by atoms with van der Waals surface area (Å²) in [7, 11) is 0. The summed E-state index contributed by atoms with van der Waals surface area (Å²) in [6, 6.07) is 0. The van der Waals surface area contributed by atoms with Crippen LogP contribution in [0, 0.1) is 22.5 Å². The van der Waals surface area contributed by atoms with Crippen molar-refractivity contribution in [2.24, 2.45) is 5.73 Å². The van der Waals surface area contributed by atoms with Gasteiger partial charge in [-0.2, -0.15) is 0 Å². The van der Waals surface area contributed by atoms with E-state index in [2.05, 4.69) is 11.2 Å². The fraction of sp³-hybridized carbons (Fsp3) is 0.333. The second-order valence-electron chi connectivity index (χ2n) is 1.73. The summed E-state index contributed by atoms with van der Waals surface area (Å²) in [5.41, 5.74) is 5.33. The molecule has 0 aromatic carbocycles. The van der Waals surface area contributed by atoms with Crippen LogP contribution >= 0.6 is 11.8 Å². The molecule has 0 unspecified atom stereocenters. The molecule has 66 valence electrons. The molecule has 0 aromatic heterocycles. The predicted octanol–water partition coefficient (Wildman–Crippen LogP) is -0.0658. The van der Waals surface area contributed by atoms with Gasteiger partial charge in [0.1, 0.15) is 6.54 Å². The third-order valence-corrected chi connectivity index (χ3v) is 1.63. The van der Waals surface area contributed by atoms with E-state index in [-0.39, 0.29) is 17.4 Å². The molecule has 6 heteroatoms. The van der Waals surface area contributed by atoms with Crippen LogP contribution in [0.4, 0.5) is 0 Å². The topological polar surface area (TPSA) is 81.2 Å². The van der Waals surface area contributed by atoms with Gasteiger partial charge in [-0.25, -0.2) is 0 Å². The van der Waals surface area contributed by atoms with Crippen molar-refractivity contribution in [1.29, 1.82) is 0 Å². The van der Waals surface area contributed by atoms with E-state index in [0.717, 1.165) is 11.8 Å². The second kappa shape index (κ2) is 5.32. The normalized spacial score (nSPS) is 11.3. The van der Waals surface area contributed by atoms with Crippen molar-refractivity contribution in [3.63, 3.8) is 0 Å². The minimum Gasteiger partial charge on any atom is -0.387 e. The highest BCUT2D eigenvalue weighted by molar-refractivity contribution is 8.02. The summed E-state index contributed by atoms with van der Waals surface area (Å²) in [6.45, 7) is 0.0948. The van der Waals surface area contributed by atoms with E-state index in [4.69, 9.17) is 12.2 Å². The summed E-state index contributed by atoms with van der Waals surface area (Å²) in [4.78, 5) is 9.73. The van der Waals surface area contributed by atoms with Gasteiger partial charge in [0.15, 0.2) is 5.03 Å². The molecular weight excluding hydrogens is 178 g/mol. The van der Waals surface area contributed by atoms with E-state index >= 15 is 0 Å². The highest BCUT2D eigenvalue weighted by atomic mass is 32.2. The fourth-order valence-electron chi connectivity index (χ4n) is 0.473. The highest BCUT2D eigenvalue weighted by Crippen LogP contribution is 2.08. The van der Waals surface area contributed by atoms with Crippen molar-refractivity contribution in [2.45, 2.75) is 0 Å². The Labute approximate surface area is 74.5 Å². The minimum atomic E-state index is -0.594. The Bertz CT molecular complexity index is 244. The lowest BCUT2D eigenvalue weighted by atomic mass is 10.6. The monoisotopic (exact) mass is 187 g/mol. The molecule has 0 spiro atoms. The zero-order valence-corrected chi connectivity index (χ0v) is 7.35. The number of nitrogens with zero attached hydrogens (tertiary/aromatic N) is 1. The SMILES string of the molecule is C#CCNC(=C(N)SC)[N+](=O)[O-]. The molecule has 0 aromatic rings. The lowest BCUT2D eigenvalue weighted by molar-refractivity contribution is -0.432. The Morgan fingerprint density at radius 2 is 2.50 bits per heavy atom. The molecule has 12 heavy (non-hydrogen) atoms. The standard InChI is InChI=1S/C6H9N3O2S/c1-3-4-8-6(9(10)11)5(7)12-2/h1,8H,4,7H2,2H3. The number of rotatable bonds is 4. The predicted molar refractivity (Wildman–Crippen MR) is 48.6 cm³/mol. The number of nitro groups is 1. The highest BCUT2D eigenvalue weighted by Gasteiger charge is 2.11. The van der Waals surface area contributed by atoms with Crippen LogP contribution in [0.1, 0.15) is 0 Å². The average Bonchev–Trinajstić information content (AvgIpc) is 2.04. The zero-order valence-electron chi connectivity index (χ0n) is 6.53. The van der Waals surface area contributed by atoms with Crippen LogP contribution < -0.4 is 11.1 Å². The fourth-order valence-corrected chi connectivity index (χ4v) is 0.813. The number of hydrogen-bond donors (Lipinski definition) is 2. The molecule has 0 radical (unpaired) electrons. The van der Waals surface area contributed by atoms with Gasteiger partial charge in [-0.05, 0) is 11.2 Å². The Kier molecular flexibility index (Phi) is 4.72. The van der Waals surface area contributed by atoms with Crippen LogP contribution in [-0.4, -0.2) is 17.7 Å². The second-order valence-corrected chi connectivity index (χ2v) is 2.58. The summed E-state index contributed by atoms with van der Waals surface area (Å²) >= 11 is 1.10. The minimum absolute atomic E-state index is 0.0948. The molecule has 0 saturated heterocycles. The molecule has 3 N–H and O–H groups in total. The van der Waals surface area contributed by atoms with Gasteiger partial charge in [0, 0.05) is 0 Å². The number of thioether (sulfide) groups is 1. The molecular formula is C6H9N3O2S. The molecule has 0 atom stereocenters. The number of nitrogens with two attached hydrogens (primary N) is 1. The Morgan fingerprint density at radius 1 is 1.92 bits per heavy atom. The van der Waals surface area contributed by atoms with Gasteiger partial charge in [0.25, 0.3) is 0 Å². The third-order valence-electron chi connectivity index (χ3n) is 0.994. The van der Waals surface area contributed by atoms with Gasteiger partial charge in [0.05, 0.1) is 0 Å². The van der Waals surface area contributed by atoms with Crippen molar-refractivity contribution < 1.29 is 4.92 Å². The molecule has 0 bridgehead atoms. The first-order valence-electron chi connectivity index (χ1n) is 2.99. The van der Waals surface area contributed by atoms with Crippen LogP contribution in [0.3, 0.4) is 0 Å². The maximum absolute atomic E-state index is 10.3. The number of terminal acetylenes is 1. The van der Waals surface area contributed by atoms with Crippen molar-refractivity contribution >= 4 is 11.8 Å². The van der Waals surface area contributed by atoms with Crippen LogP contribution in [0.2, 0.25) is 0 Å². The maximum Gasteiger partial charge on any atom is 0.346 e. The smallest absolute Gasteiger partial charge is 0.346 e. The Hall–Kier alpha value is -1.35. The molecule has 0 aliphatic heterocycles. The first kappa shape index (κ1) is 10.7. The Morgan fingerprint density at radius 3 is 2.83 bits per heavy atom. The first-order valence-corrected chi connectivity index (χ1v) is 4.21. The lowest BCUT2D eigenvalue weighted by Gasteiger charge is -2.02. The molecule has 0 saturated carbocycles. The molecule has 0 heterocycles. The maximum atomic E-state index is 10.3. The molecule has 0 aliphatic rings. The van der Waals surface area contributed by atoms with Crippen molar-refractivity contribution in [1.82, 2.24) is 5.32 Å². The quantitative estimate of drug-likeness (QED) is 0.366. The summed E-state index contributed by atoms with van der Waals surface area (Å²) < 4.78 is 0. The van der Waals surface area contributed by atoms with Crippen LogP contribution in [-0.2, 0) is 0 Å². The van der Waals surface area contributed by atoms with Crippen LogP contribution in [0.5, 0.6) is 0 Å². The zero-order chi connectivity index (χ0) is 9.56. The van der Waals surface area contributed by atoms with E-state index in [1.165, 1.54) is 0 Å². The summed E-state index contributed by atoms with van der Waals surface area (Å²) in [5, 5.41) is 12.9. The Balaban J connectivity index is 4.46.